The minimum atomic E-state index is -0.0448. The predicted molar refractivity (Wildman–Crippen MR) is 90.6 cm³/mol. The fraction of sp³-hybridized carbons (Fsp3) is 0.500. The van der Waals surface area contributed by atoms with E-state index >= 15 is 0 Å². The topological polar surface area (TPSA) is 72.7 Å². The molecule has 0 unspecified atom stereocenters. The lowest BCUT2D eigenvalue weighted by Crippen LogP contribution is -2.37. The van der Waals surface area contributed by atoms with Crippen LogP contribution in [0.2, 0.25) is 0 Å². The van der Waals surface area contributed by atoms with Gasteiger partial charge in [0.25, 0.3) is 0 Å². The monoisotopic (exact) mass is 377 g/mol. The number of carbonyl (C=O) groups is 1. The van der Waals surface area contributed by atoms with E-state index in [1.807, 2.05) is 24.3 Å². The second-order valence-corrected chi connectivity index (χ2v) is 6.82. The fourth-order valence-electron chi connectivity index (χ4n) is 2.85. The first kappa shape index (κ1) is 16.1. The molecule has 1 fully saturated rings. The van der Waals surface area contributed by atoms with Gasteiger partial charge in [0.05, 0.1) is 0 Å². The SMILES string of the molecule is O=C(Cn1nnc(-c2ccc(Br)cc2)n1)NC1CCCCCC1. The van der Waals surface area contributed by atoms with Crippen LogP contribution in [0.5, 0.6) is 0 Å². The normalized spacial score (nSPS) is 16.0. The molecule has 0 atom stereocenters. The second kappa shape index (κ2) is 7.68. The largest absolute Gasteiger partial charge is 0.352 e. The Bertz CT molecular complexity index is 647. The van der Waals surface area contributed by atoms with Crippen LogP contribution >= 0.6 is 15.9 Å². The highest BCUT2D eigenvalue weighted by molar-refractivity contribution is 9.10. The fourth-order valence-corrected chi connectivity index (χ4v) is 3.11. The number of hydrogen-bond donors (Lipinski definition) is 1. The van der Waals surface area contributed by atoms with Crippen LogP contribution in [0.4, 0.5) is 0 Å². The highest BCUT2D eigenvalue weighted by atomic mass is 79.9. The van der Waals surface area contributed by atoms with E-state index in [1.54, 1.807) is 0 Å². The number of halogens is 1. The lowest BCUT2D eigenvalue weighted by molar-refractivity contribution is -0.122. The van der Waals surface area contributed by atoms with Crippen LogP contribution in [0.15, 0.2) is 28.7 Å². The molecule has 1 aliphatic rings. The molecule has 6 nitrogen and oxygen atoms in total. The van der Waals surface area contributed by atoms with E-state index in [0.29, 0.717) is 11.9 Å². The predicted octanol–water partition coefficient (Wildman–Crippen LogP) is 2.94. The van der Waals surface area contributed by atoms with Crippen molar-refractivity contribution in [2.75, 3.05) is 0 Å². The van der Waals surface area contributed by atoms with Crippen LogP contribution in [0.3, 0.4) is 0 Å². The smallest absolute Gasteiger partial charge is 0.243 e. The maximum atomic E-state index is 12.1. The van der Waals surface area contributed by atoms with Gasteiger partial charge in [0.2, 0.25) is 11.7 Å². The number of benzene rings is 1. The Morgan fingerprint density at radius 1 is 1.17 bits per heavy atom. The minimum absolute atomic E-state index is 0.0448. The molecule has 1 aliphatic carbocycles. The van der Waals surface area contributed by atoms with E-state index < -0.39 is 0 Å². The maximum Gasteiger partial charge on any atom is 0.243 e. The average Bonchev–Trinajstić information content (AvgIpc) is 2.84. The standard InChI is InChI=1S/C16H20BrN5O/c17-13-9-7-12(8-10-13)16-19-21-22(20-16)11-15(23)18-14-5-3-1-2-4-6-14/h7-10,14H,1-6,11H2,(H,18,23). The summed E-state index contributed by atoms with van der Waals surface area (Å²) in [7, 11) is 0. The number of rotatable bonds is 4. The summed E-state index contributed by atoms with van der Waals surface area (Å²) in [6, 6.07) is 7.97. The second-order valence-electron chi connectivity index (χ2n) is 5.91. The third kappa shape index (κ3) is 4.60. The Hall–Kier alpha value is -1.76. The van der Waals surface area contributed by atoms with E-state index in [2.05, 4.69) is 36.7 Å². The van der Waals surface area contributed by atoms with Crippen molar-refractivity contribution in [1.29, 1.82) is 0 Å². The Kier molecular flexibility index (Phi) is 5.38. The van der Waals surface area contributed by atoms with E-state index in [-0.39, 0.29) is 12.5 Å². The highest BCUT2D eigenvalue weighted by Gasteiger charge is 2.16. The van der Waals surface area contributed by atoms with Gasteiger partial charge in [-0.05, 0) is 42.3 Å². The van der Waals surface area contributed by atoms with Crippen molar-refractivity contribution < 1.29 is 4.79 Å². The van der Waals surface area contributed by atoms with Gasteiger partial charge in [-0.25, -0.2) is 0 Å². The Balaban J connectivity index is 1.57. The zero-order valence-corrected chi connectivity index (χ0v) is 14.5. The van der Waals surface area contributed by atoms with Crippen LogP contribution in [0.1, 0.15) is 38.5 Å². The van der Waals surface area contributed by atoms with Crippen molar-refractivity contribution in [3.8, 4) is 11.4 Å². The zero-order chi connectivity index (χ0) is 16.1. The van der Waals surface area contributed by atoms with E-state index in [1.165, 1.54) is 30.5 Å². The number of aromatic nitrogens is 4. The summed E-state index contributed by atoms with van der Waals surface area (Å²) in [5.74, 6) is 0.483. The summed E-state index contributed by atoms with van der Waals surface area (Å²) in [4.78, 5) is 13.5. The third-order valence-electron chi connectivity index (χ3n) is 4.06. The summed E-state index contributed by atoms with van der Waals surface area (Å²) in [5, 5.41) is 15.4. The summed E-state index contributed by atoms with van der Waals surface area (Å²) in [5.41, 5.74) is 0.878. The van der Waals surface area contributed by atoms with Crippen molar-refractivity contribution in [2.45, 2.75) is 51.1 Å². The van der Waals surface area contributed by atoms with Gasteiger partial charge in [-0.2, -0.15) is 4.80 Å². The molecular weight excluding hydrogens is 358 g/mol. The van der Waals surface area contributed by atoms with Gasteiger partial charge in [-0.3, -0.25) is 4.79 Å². The molecule has 1 heterocycles. The third-order valence-corrected chi connectivity index (χ3v) is 4.59. The molecule has 1 amide bonds. The molecule has 1 aromatic heterocycles. The lowest BCUT2D eigenvalue weighted by Gasteiger charge is -2.15. The molecule has 122 valence electrons. The highest BCUT2D eigenvalue weighted by Crippen LogP contribution is 2.18. The number of carbonyl (C=O) groups excluding carboxylic acids is 1. The first-order chi connectivity index (χ1) is 11.2. The summed E-state index contributed by atoms with van der Waals surface area (Å²) >= 11 is 3.39. The van der Waals surface area contributed by atoms with Crippen molar-refractivity contribution in [3.05, 3.63) is 28.7 Å². The summed E-state index contributed by atoms with van der Waals surface area (Å²) in [6.45, 7) is 0.111. The van der Waals surface area contributed by atoms with Gasteiger partial charge >= 0.3 is 0 Å². The van der Waals surface area contributed by atoms with E-state index in [0.717, 1.165) is 22.9 Å². The molecule has 1 aromatic carbocycles. The zero-order valence-electron chi connectivity index (χ0n) is 12.9. The Morgan fingerprint density at radius 3 is 2.57 bits per heavy atom. The van der Waals surface area contributed by atoms with Crippen LogP contribution < -0.4 is 5.32 Å². The van der Waals surface area contributed by atoms with Crippen LogP contribution in [-0.2, 0) is 11.3 Å². The number of tetrazole rings is 1. The molecule has 0 saturated heterocycles. The molecule has 3 rings (SSSR count). The molecular formula is C16H20BrN5O. The number of nitrogens with zero attached hydrogens (tertiary/aromatic N) is 4. The Morgan fingerprint density at radius 2 is 1.87 bits per heavy atom. The van der Waals surface area contributed by atoms with Gasteiger partial charge < -0.3 is 5.32 Å². The molecule has 2 aromatic rings. The van der Waals surface area contributed by atoms with Crippen molar-refractivity contribution in [1.82, 2.24) is 25.5 Å². The lowest BCUT2D eigenvalue weighted by atomic mass is 10.1. The molecule has 0 aliphatic heterocycles. The van der Waals surface area contributed by atoms with Crippen molar-refractivity contribution >= 4 is 21.8 Å². The molecule has 0 bridgehead atoms. The maximum absolute atomic E-state index is 12.1. The van der Waals surface area contributed by atoms with E-state index in [9.17, 15) is 4.79 Å². The summed E-state index contributed by atoms with van der Waals surface area (Å²) < 4.78 is 0.997. The molecule has 0 radical (unpaired) electrons. The van der Waals surface area contributed by atoms with Gasteiger partial charge in [-0.1, -0.05) is 41.6 Å². The van der Waals surface area contributed by atoms with Crippen molar-refractivity contribution in [2.24, 2.45) is 0 Å². The molecule has 0 spiro atoms. The van der Waals surface area contributed by atoms with Crippen molar-refractivity contribution in [3.63, 3.8) is 0 Å². The van der Waals surface area contributed by atoms with Crippen LogP contribution in [0.25, 0.3) is 11.4 Å². The number of hydrogen-bond acceptors (Lipinski definition) is 4. The Labute approximate surface area is 143 Å². The molecule has 23 heavy (non-hydrogen) atoms. The van der Waals surface area contributed by atoms with Gasteiger partial charge in [-0.15, -0.1) is 10.2 Å². The first-order valence-electron chi connectivity index (χ1n) is 8.04. The van der Waals surface area contributed by atoms with Gasteiger partial charge in [0, 0.05) is 16.1 Å². The number of amides is 1. The van der Waals surface area contributed by atoms with E-state index in [4.69, 9.17) is 0 Å². The average molecular weight is 378 g/mol. The van der Waals surface area contributed by atoms with Crippen LogP contribution in [0, 0.1) is 0 Å². The van der Waals surface area contributed by atoms with Crippen LogP contribution in [-0.4, -0.2) is 32.2 Å². The number of nitrogens with one attached hydrogen (secondary N) is 1. The molecule has 7 heteroatoms. The van der Waals surface area contributed by atoms with Gasteiger partial charge in [0.1, 0.15) is 6.54 Å². The minimum Gasteiger partial charge on any atom is -0.352 e. The van der Waals surface area contributed by atoms with Gasteiger partial charge in [0.15, 0.2) is 0 Å². The molecule has 1 saturated carbocycles. The first-order valence-corrected chi connectivity index (χ1v) is 8.83. The quantitative estimate of drug-likeness (QED) is 0.831. The molecule has 1 N–H and O–H groups in total. The summed E-state index contributed by atoms with van der Waals surface area (Å²) in [6.07, 6.45) is 7.07.